The second-order valence-electron chi connectivity index (χ2n) is 6.64. The highest BCUT2D eigenvalue weighted by atomic mass is 35.5. The quantitative estimate of drug-likeness (QED) is 0.695. The summed E-state index contributed by atoms with van der Waals surface area (Å²) in [5.74, 6) is -0.638. The molecule has 4 nitrogen and oxygen atoms in total. The molecule has 0 radical (unpaired) electrons. The van der Waals surface area contributed by atoms with Crippen molar-refractivity contribution in [1.29, 1.82) is 0 Å². The third-order valence-electron chi connectivity index (χ3n) is 3.56. The van der Waals surface area contributed by atoms with Crippen LogP contribution in [0.2, 0.25) is 10.0 Å². The Morgan fingerprint density at radius 2 is 1.28 bits per heavy atom. The van der Waals surface area contributed by atoms with Crippen LogP contribution in [0.3, 0.4) is 0 Å². The fourth-order valence-corrected chi connectivity index (χ4v) is 2.91. The normalized spacial score (nSPS) is 11.1. The van der Waals surface area contributed by atoms with Crippen LogP contribution in [-0.2, 0) is 0 Å². The summed E-state index contributed by atoms with van der Waals surface area (Å²) in [4.78, 5) is 25.9. The van der Waals surface area contributed by atoms with Gasteiger partial charge in [0.05, 0.1) is 5.54 Å². The Hall–Kier alpha value is -2.04. The molecule has 2 aromatic rings. The number of carbonyl (C=O) groups excluding carboxylic acids is 2. The van der Waals surface area contributed by atoms with Gasteiger partial charge in [-0.2, -0.15) is 0 Å². The standard InChI is InChI=1S/C19H20Cl2N2O2/c1-19(2,3)23(18(25)14-8-6-10-16(21)12-14)22(4)17(24)13-7-5-9-15(20)11-13/h5-12H,1-4H3. The first-order valence-electron chi connectivity index (χ1n) is 7.75. The molecule has 2 amide bonds. The second kappa shape index (κ2) is 7.46. The number of benzene rings is 2. The summed E-state index contributed by atoms with van der Waals surface area (Å²) >= 11 is 12.0. The average molecular weight is 379 g/mol. The van der Waals surface area contributed by atoms with Gasteiger partial charge in [-0.05, 0) is 57.2 Å². The SMILES string of the molecule is CN(C(=O)c1cccc(Cl)c1)N(C(=O)c1cccc(Cl)c1)C(C)(C)C. The van der Waals surface area contributed by atoms with Gasteiger partial charge in [-0.1, -0.05) is 35.3 Å². The van der Waals surface area contributed by atoms with Gasteiger partial charge in [-0.15, -0.1) is 0 Å². The Balaban J connectivity index is 2.40. The molecule has 132 valence electrons. The zero-order valence-corrected chi connectivity index (χ0v) is 16.1. The predicted octanol–water partition coefficient (Wildman–Crippen LogP) is 4.92. The van der Waals surface area contributed by atoms with E-state index in [1.54, 1.807) is 55.6 Å². The lowest BCUT2D eigenvalue weighted by atomic mass is 10.1. The lowest BCUT2D eigenvalue weighted by molar-refractivity contribution is -0.0308. The number of carbonyl (C=O) groups is 2. The van der Waals surface area contributed by atoms with Crippen LogP contribution in [0.4, 0.5) is 0 Å². The van der Waals surface area contributed by atoms with Crippen molar-refractivity contribution in [3.05, 3.63) is 69.7 Å². The van der Waals surface area contributed by atoms with Crippen LogP contribution in [0, 0.1) is 0 Å². The molecule has 2 aromatic carbocycles. The summed E-state index contributed by atoms with van der Waals surface area (Å²) in [6.45, 7) is 5.57. The van der Waals surface area contributed by atoms with Gasteiger partial charge in [0.25, 0.3) is 11.8 Å². The van der Waals surface area contributed by atoms with E-state index in [4.69, 9.17) is 23.2 Å². The molecule has 0 spiro atoms. The number of rotatable bonds is 2. The van der Waals surface area contributed by atoms with E-state index < -0.39 is 5.54 Å². The van der Waals surface area contributed by atoms with E-state index in [1.807, 2.05) is 20.8 Å². The third-order valence-corrected chi connectivity index (χ3v) is 4.04. The minimum atomic E-state index is -0.623. The summed E-state index contributed by atoms with van der Waals surface area (Å²) in [6, 6.07) is 13.3. The molecule has 0 aliphatic rings. The summed E-state index contributed by atoms with van der Waals surface area (Å²) < 4.78 is 0. The lowest BCUT2D eigenvalue weighted by Gasteiger charge is -2.41. The second-order valence-corrected chi connectivity index (χ2v) is 7.51. The van der Waals surface area contributed by atoms with Crippen molar-refractivity contribution >= 4 is 35.0 Å². The van der Waals surface area contributed by atoms with Crippen LogP contribution in [0.15, 0.2) is 48.5 Å². The summed E-state index contributed by atoms with van der Waals surface area (Å²) in [5, 5.41) is 3.66. The molecule has 0 aromatic heterocycles. The monoisotopic (exact) mass is 378 g/mol. The topological polar surface area (TPSA) is 40.6 Å². The van der Waals surface area contributed by atoms with Gasteiger partial charge >= 0.3 is 0 Å². The fourth-order valence-electron chi connectivity index (χ4n) is 2.53. The van der Waals surface area contributed by atoms with E-state index in [9.17, 15) is 9.59 Å². The maximum atomic E-state index is 13.0. The molecule has 0 saturated heterocycles. The van der Waals surface area contributed by atoms with Crippen molar-refractivity contribution in [3.63, 3.8) is 0 Å². The van der Waals surface area contributed by atoms with Crippen LogP contribution in [-0.4, -0.2) is 34.4 Å². The van der Waals surface area contributed by atoms with Crippen molar-refractivity contribution in [2.24, 2.45) is 0 Å². The zero-order valence-electron chi connectivity index (χ0n) is 14.6. The van der Waals surface area contributed by atoms with Gasteiger partial charge in [0.1, 0.15) is 0 Å². The Kier molecular flexibility index (Phi) is 5.76. The Morgan fingerprint density at radius 1 is 0.840 bits per heavy atom. The van der Waals surface area contributed by atoms with Gasteiger partial charge < -0.3 is 0 Å². The maximum Gasteiger partial charge on any atom is 0.273 e. The first kappa shape index (κ1) is 19.3. The van der Waals surface area contributed by atoms with Crippen LogP contribution in [0.5, 0.6) is 0 Å². The largest absolute Gasteiger partial charge is 0.273 e. The third kappa shape index (κ3) is 4.53. The minimum absolute atomic E-state index is 0.312. The van der Waals surface area contributed by atoms with Gasteiger partial charge in [0.2, 0.25) is 0 Å². The average Bonchev–Trinajstić information content (AvgIpc) is 2.52. The molecule has 0 unspecified atom stereocenters. The highest BCUT2D eigenvalue weighted by Gasteiger charge is 2.34. The number of nitrogens with zero attached hydrogens (tertiary/aromatic N) is 2. The van der Waals surface area contributed by atoms with Crippen LogP contribution in [0.25, 0.3) is 0 Å². The molecule has 0 fully saturated rings. The zero-order chi connectivity index (χ0) is 18.8. The van der Waals surface area contributed by atoms with Gasteiger partial charge in [0.15, 0.2) is 0 Å². The summed E-state index contributed by atoms with van der Waals surface area (Å²) in [7, 11) is 1.57. The van der Waals surface area contributed by atoms with Crippen molar-refractivity contribution in [2.75, 3.05) is 7.05 Å². The Labute approximate surface area is 157 Å². The van der Waals surface area contributed by atoms with E-state index in [1.165, 1.54) is 10.0 Å². The van der Waals surface area contributed by atoms with Gasteiger partial charge in [0, 0.05) is 28.2 Å². The number of hydrogen-bond donors (Lipinski definition) is 0. The van der Waals surface area contributed by atoms with Crippen molar-refractivity contribution in [2.45, 2.75) is 26.3 Å². The van der Waals surface area contributed by atoms with Crippen molar-refractivity contribution < 1.29 is 9.59 Å². The highest BCUT2D eigenvalue weighted by Crippen LogP contribution is 2.23. The molecular formula is C19H20Cl2N2O2. The van der Waals surface area contributed by atoms with Crippen molar-refractivity contribution in [3.8, 4) is 0 Å². The number of halogens is 2. The molecule has 0 atom stereocenters. The number of hydrazine groups is 1. The molecule has 0 bridgehead atoms. The highest BCUT2D eigenvalue weighted by molar-refractivity contribution is 6.31. The van der Waals surface area contributed by atoms with E-state index in [-0.39, 0.29) is 11.8 Å². The lowest BCUT2D eigenvalue weighted by Crippen LogP contribution is -2.56. The molecule has 0 N–H and O–H groups in total. The van der Waals surface area contributed by atoms with Crippen LogP contribution in [0.1, 0.15) is 41.5 Å². The van der Waals surface area contributed by atoms with Gasteiger partial charge in [-0.25, -0.2) is 10.0 Å². The van der Waals surface area contributed by atoms with E-state index in [2.05, 4.69) is 0 Å². The Morgan fingerprint density at radius 3 is 1.68 bits per heavy atom. The molecule has 0 heterocycles. The minimum Gasteiger partial charge on any atom is -0.267 e. The summed E-state index contributed by atoms with van der Waals surface area (Å²) in [6.07, 6.45) is 0. The first-order valence-corrected chi connectivity index (χ1v) is 8.50. The molecule has 0 aliphatic carbocycles. The van der Waals surface area contributed by atoms with Crippen molar-refractivity contribution in [1.82, 2.24) is 10.0 Å². The molecule has 0 aliphatic heterocycles. The Bertz CT molecular complexity index is 800. The summed E-state index contributed by atoms with van der Waals surface area (Å²) in [5.41, 5.74) is 0.193. The molecule has 0 saturated carbocycles. The number of amides is 2. The predicted molar refractivity (Wildman–Crippen MR) is 101 cm³/mol. The fraction of sp³-hybridized carbons (Fsp3) is 0.263. The van der Waals surface area contributed by atoms with Crippen LogP contribution >= 0.6 is 23.2 Å². The molecule has 25 heavy (non-hydrogen) atoms. The van der Waals surface area contributed by atoms with E-state index in [0.717, 1.165) is 0 Å². The van der Waals surface area contributed by atoms with E-state index >= 15 is 0 Å². The maximum absolute atomic E-state index is 13.0. The van der Waals surface area contributed by atoms with Gasteiger partial charge in [-0.3, -0.25) is 9.59 Å². The molecule has 2 rings (SSSR count). The number of hydrogen-bond acceptors (Lipinski definition) is 2. The first-order chi connectivity index (χ1) is 11.6. The smallest absolute Gasteiger partial charge is 0.267 e. The molecule has 6 heteroatoms. The van der Waals surface area contributed by atoms with Crippen LogP contribution < -0.4 is 0 Å². The molecular weight excluding hydrogens is 359 g/mol. The van der Waals surface area contributed by atoms with E-state index in [0.29, 0.717) is 21.2 Å².